The molecule has 1 amide bonds. The van der Waals surface area contributed by atoms with Gasteiger partial charge < -0.3 is 10.6 Å². The number of amides is 1. The first-order chi connectivity index (χ1) is 8.36. The Bertz CT molecular complexity index is 401. The molecule has 0 fully saturated rings. The highest BCUT2D eigenvalue weighted by Crippen LogP contribution is 2.24. The molecule has 0 atom stereocenters. The SMILES string of the molecule is Cc1ccc(N(CCCN)C(=O)C(F)(F)F)cc1. The Labute approximate surface area is 103 Å². The summed E-state index contributed by atoms with van der Waals surface area (Å²) in [5, 5.41) is 0. The number of halogens is 3. The van der Waals surface area contributed by atoms with Gasteiger partial charge in [0.2, 0.25) is 0 Å². The minimum atomic E-state index is -4.88. The largest absolute Gasteiger partial charge is 0.471 e. The van der Waals surface area contributed by atoms with Crippen LogP contribution >= 0.6 is 0 Å². The summed E-state index contributed by atoms with van der Waals surface area (Å²) in [4.78, 5) is 12.0. The predicted octanol–water partition coefficient (Wildman–Crippen LogP) is 2.24. The summed E-state index contributed by atoms with van der Waals surface area (Å²) >= 11 is 0. The van der Waals surface area contributed by atoms with Crippen LogP contribution in [0.5, 0.6) is 0 Å². The number of alkyl halides is 3. The third kappa shape index (κ3) is 3.73. The van der Waals surface area contributed by atoms with Crippen molar-refractivity contribution >= 4 is 11.6 Å². The third-order valence-corrected chi connectivity index (χ3v) is 2.42. The summed E-state index contributed by atoms with van der Waals surface area (Å²) in [5.74, 6) is -1.86. The quantitative estimate of drug-likeness (QED) is 0.902. The highest BCUT2D eigenvalue weighted by molar-refractivity contribution is 5.97. The number of hydrogen-bond donors (Lipinski definition) is 1. The van der Waals surface area contributed by atoms with Crippen LogP contribution < -0.4 is 10.6 Å². The zero-order valence-electron chi connectivity index (χ0n) is 10.00. The molecule has 0 heterocycles. The van der Waals surface area contributed by atoms with Gasteiger partial charge >= 0.3 is 12.1 Å². The van der Waals surface area contributed by atoms with Crippen LogP contribution in [0, 0.1) is 6.92 Å². The monoisotopic (exact) mass is 260 g/mol. The van der Waals surface area contributed by atoms with Gasteiger partial charge in [-0.1, -0.05) is 17.7 Å². The normalized spacial score (nSPS) is 11.4. The molecular weight excluding hydrogens is 245 g/mol. The number of anilines is 1. The Morgan fingerprint density at radius 1 is 1.28 bits per heavy atom. The highest BCUT2D eigenvalue weighted by atomic mass is 19.4. The van der Waals surface area contributed by atoms with E-state index in [1.54, 1.807) is 12.1 Å². The van der Waals surface area contributed by atoms with Gasteiger partial charge in [-0.25, -0.2) is 0 Å². The lowest BCUT2D eigenvalue weighted by Gasteiger charge is -2.23. The van der Waals surface area contributed by atoms with E-state index in [9.17, 15) is 18.0 Å². The van der Waals surface area contributed by atoms with Crippen molar-refractivity contribution in [2.45, 2.75) is 19.5 Å². The summed E-state index contributed by atoms with van der Waals surface area (Å²) in [6, 6.07) is 6.31. The van der Waals surface area contributed by atoms with Crippen LogP contribution in [0.25, 0.3) is 0 Å². The van der Waals surface area contributed by atoms with E-state index >= 15 is 0 Å². The van der Waals surface area contributed by atoms with Crippen molar-refractivity contribution in [1.29, 1.82) is 0 Å². The maximum absolute atomic E-state index is 12.5. The summed E-state index contributed by atoms with van der Waals surface area (Å²) in [5.41, 5.74) is 6.42. The Morgan fingerprint density at radius 3 is 2.28 bits per heavy atom. The molecule has 1 aromatic carbocycles. The molecule has 1 rings (SSSR count). The molecule has 6 heteroatoms. The summed E-state index contributed by atoms with van der Waals surface area (Å²) in [6.07, 6.45) is -4.56. The molecule has 0 saturated heterocycles. The van der Waals surface area contributed by atoms with E-state index < -0.39 is 12.1 Å². The first-order valence-electron chi connectivity index (χ1n) is 5.51. The Balaban J connectivity index is 2.98. The molecule has 0 aromatic heterocycles. The lowest BCUT2D eigenvalue weighted by Crippen LogP contribution is -2.42. The van der Waals surface area contributed by atoms with Gasteiger partial charge in [-0.15, -0.1) is 0 Å². The smallest absolute Gasteiger partial charge is 0.330 e. The van der Waals surface area contributed by atoms with Crippen molar-refractivity contribution in [2.24, 2.45) is 5.73 Å². The van der Waals surface area contributed by atoms with Gasteiger partial charge in [0, 0.05) is 12.2 Å². The number of hydrogen-bond acceptors (Lipinski definition) is 2. The fourth-order valence-electron chi connectivity index (χ4n) is 1.48. The molecule has 0 radical (unpaired) electrons. The second kappa shape index (κ2) is 5.86. The second-order valence-corrected chi connectivity index (χ2v) is 3.93. The molecule has 0 aliphatic rings. The van der Waals surface area contributed by atoms with Crippen LogP contribution in [0.4, 0.5) is 18.9 Å². The van der Waals surface area contributed by atoms with Crippen molar-refractivity contribution in [3.8, 4) is 0 Å². The third-order valence-electron chi connectivity index (χ3n) is 2.42. The number of nitrogens with two attached hydrogens (primary N) is 1. The van der Waals surface area contributed by atoms with E-state index in [1.165, 1.54) is 12.1 Å². The maximum atomic E-state index is 12.5. The Kier molecular flexibility index (Phi) is 4.72. The fourth-order valence-corrected chi connectivity index (χ4v) is 1.48. The number of carbonyl (C=O) groups is 1. The minimum absolute atomic E-state index is 0.0437. The van der Waals surface area contributed by atoms with E-state index in [2.05, 4.69) is 0 Å². The number of carbonyl (C=O) groups excluding carboxylic acids is 1. The van der Waals surface area contributed by atoms with Crippen molar-refractivity contribution in [3.05, 3.63) is 29.8 Å². The molecule has 1 aromatic rings. The van der Waals surface area contributed by atoms with Crippen LogP contribution in [0.2, 0.25) is 0 Å². The molecule has 0 bridgehead atoms. The van der Waals surface area contributed by atoms with Gasteiger partial charge in [-0.2, -0.15) is 13.2 Å². The summed E-state index contributed by atoms with van der Waals surface area (Å²) in [7, 11) is 0. The predicted molar refractivity (Wildman–Crippen MR) is 63.3 cm³/mol. The molecule has 100 valence electrons. The van der Waals surface area contributed by atoms with Gasteiger partial charge in [-0.3, -0.25) is 4.79 Å². The molecule has 0 aliphatic carbocycles. The number of nitrogens with zero attached hydrogens (tertiary/aromatic N) is 1. The standard InChI is InChI=1S/C12H15F3N2O/c1-9-3-5-10(6-4-9)17(8-2-7-16)11(18)12(13,14)15/h3-6H,2,7-8,16H2,1H3. The van der Waals surface area contributed by atoms with Crippen molar-refractivity contribution in [1.82, 2.24) is 0 Å². The van der Waals surface area contributed by atoms with E-state index in [0.29, 0.717) is 11.3 Å². The van der Waals surface area contributed by atoms with Gasteiger partial charge in [0.1, 0.15) is 0 Å². The zero-order valence-corrected chi connectivity index (χ0v) is 10.00. The maximum Gasteiger partial charge on any atom is 0.471 e. The Hall–Kier alpha value is -1.56. The van der Waals surface area contributed by atoms with Gasteiger partial charge in [0.15, 0.2) is 0 Å². The molecule has 18 heavy (non-hydrogen) atoms. The van der Waals surface area contributed by atoms with Gasteiger partial charge in [-0.05, 0) is 32.0 Å². The number of aryl methyl sites for hydroxylation is 1. The summed E-state index contributed by atoms with van der Waals surface area (Å²) in [6.45, 7) is 2.00. The molecule has 0 saturated carbocycles. The highest BCUT2D eigenvalue weighted by Gasteiger charge is 2.42. The lowest BCUT2D eigenvalue weighted by molar-refractivity contribution is -0.170. The molecular formula is C12H15F3N2O. The van der Waals surface area contributed by atoms with Crippen LogP contribution in [0.1, 0.15) is 12.0 Å². The van der Waals surface area contributed by atoms with Gasteiger partial charge in [0.05, 0.1) is 0 Å². The molecule has 0 unspecified atom stereocenters. The first-order valence-corrected chi connectivity index (χ1v) is 5.51. The van der Waals surface area contributed by atoms with E-state index in [0.717, 1.165) is 5.56 Å². The number of benzene rings is 1. The topological polar surface area (TPSA) is 46.3 Å². The summed E-state index contributed by atoms with van der Waals surface area (Å²) < 4.78 is 37.4. The second-order valence-electron chi connectivity index (χ2n) is 3.93. The van der Waals surface area contributed by atoms with Crippen LogP contribution in [0.3, 0.4) is 0 Å². The minimum Gasteiger partial charge on any atom is -0.330 e. The van der Waals surface area contributed by atoms with E-state index in [1.807, 2.05) is 6.92 Å². The average molecular weight is 260 g/mol. The van der Waals surface area contributed by atoms with Crippen molar-refractivity contribution < 1.29 is 18.0 Å². The van der Waals surface area contributed by atoms with Crippen LogP contribution in [-0.2, 0) is 4.79 Å². The Morgan fingerprint density at radius 2 is 1.83 bits per heavy atom. The van der Waals surface area contributed by atoms with Crippen molar-refractivity contribution in [3.63, 3.8) is 0 Å². The van der Waals surface area contributed by atoms with Crippen LogP contribution in [0.15, 0.2) is 24.3 Å². The van der Waals surface area contributed by atoms with E-state index in [-0.39, 0.29) is 18.8 Å². The van der Waals surface area contributed by atoms with Crippen molar-refractivity contribution in [2.75, 3.05) is 18.0 Å². The number of rotatable bonds is 4. The van der Waals surface area contributed by atoms with E-state index in [4.69, 9.17) is 5.73 Å². The molecule has 0 aliphatic heterocycles. The average Bonchev–Trinajstić information content (AvgIpc) is 2.30. The lowest BCUT2D eigenvalue weighted by atomic mass is 10.2. The molecule has 2 N–H and O–H groups in total. The van der Waals surface area contributed by atoms with Crippen LogP contribution in [-0.4, -0.2) is 25.2 Å². The first kappa shape index (κ1) is 14.5. The van der Waals surface area contributed by atoms with Gasteiger partial charge in [0.25, 0.3) is 0 Å². The zero-order chi connectivity index (χ0) is 13.8. The fraction of sp³-hybridized carbons (Fsp3) is 0.417. The molecule has 0 spiro atoms. The molecule has 3 nitrogen and oxygen atoms in total.